The van der Waals surface area contributed by atoms with Crippen LogP contribution in [0.25, 0.3) is 0 Å². The van der Waals surface area contributed by atoms with E-state index in [1.165, 1.54) is 0 Å². The Hall–Kier alpha value is -1.30. The first-order valence-electron chi connectivity index (χ1n) is 8.11. The first-order chi connectivity index (χ1) is 10.4. The summed E-state index contributed by atoms with van der Waals surface area (Å²) >= 11 is 0. The van der Waals surface area contributed by atoms with E-state index in [1.807, 2.05) is 0 Å². The van der Waals surface area contributed by atoms with Crippen molar-refractivity contribution in [3.05, 3.63) is 23.2 Å². The van der Waals surface area contributed by atoms with Crippen LogP contribution in [0.5, 0.6) is 0 Å². The second-order valence-corrected chi connectivity index (χ2v) is 8.41. The molecule has 6 heteroatoms. The molecule has 0 bridgehead atoms. The van der Waals surface area contributed by atoms with E-state index in [2.05, 4.69) is 11.6 Å². The van der Waals surface area contributed by atoms with Gasteiger partial charge in [0.25, 0.3) is 5.91 Å². The molecule has 2 aliphatic carbocycles. The zero-order chi connectivity index (χ0) is 15.7. The standard InChI is InChI=1S/C16H23NO4S/c1-11-5-4-7-13(11)10-22(19,20)17-16(18)15-9-12-6-2-3-8-14(12)21-15/h9,11,13H,2-8,10H2,1H3,(H,17,18). The third-order valence-electron chi connectivity index (χ3n) is 4.94. The van der Waals surface area contributed by atoms with Gasteiger partial charge in [0, 0.05) is 6.42 Å². The SMILES string of the molecule is CC1CCCC1CS(=O)(=O)NC(=O)c1cc2c(o1)CCCC2. The summed E-state index contributed by atoms with van der Waals surface area (Å²) < 4.78 is 32.1. The topological polar surface area (TPSA) is 76.4 Å². The highest BCUT2D eigenvalue weighted by Crippen LogP contribution is 2.32. The Bertz CT molecular complexity index is 638. The average Bonchev–Trinajstić information content (AvgIpc) is 3.04. The number of sulfonamides is 1. The fourth-order valence-electron chi connectivity index (χ4n) is 3.59. The second-order valence-electron chi connectivity index (χ2n) is 6.65. The zero-order valence-electron chi connectivity index (χ0n) is 12.9. The van der Waals surface area contributed by atoms with E-state index in [0.717, 1.165) is 56.3 Å². The molecule has 5 nitrogen and oxygen atoms in total. The summed E-state index contributed by atoms with van der Waals surface area (Å²) in [5.74, 6) is 0.895. The predicted octanol–water partition coefficient (Wildman–Crippen LogP) is 2.65. The molecule has 1 aromatic rings. The lowest BCUT2D eigenvalue weighted by Crippen LogP contribution is -2.35. The monoisotopic (exact) mass is 325 g/mol. The van der Waals surface area contributed by atoms with Crippen LogP contribution in [0, 0.1) is 11.8 Å². The van der Waals surface area contributed by atoms with Gasteiger partial charge in [0.05, 0.1) is 5.75 Å². The van der Waals surface area contributed by atoms with Gasteiger partial charge in [-0.05, 0) is 49.1 Å². The summed E-state index contributed by atoms with van der Waals surface area (Å²) in [7, 11) is -3.61. The van der Waals surface area contributed by atoms with E-state index in [1.54, 1.807) is 6.07 Å². The van der Waals surface area contributed by atoms with Gasteiger partial charge in [-0.15, -0.1) is 0 Å². The molecule has 0 aromatic carbocycles. The quantitative estimate of drug-likeness (QED) is 0.923. The maximum absolute atomic E-state index is 12.2. The Kier molecular flexibility index (Phi) is 4.30. The molecule has 1 heterocycles. The molecule has 0 radical (unpaired) electrons. The highest BCUT2D eigenvalue weighted by atomic mass is 32.2. The number of carbonyl (C=O) groups is 1. The van der Waals surface area contributed by atoms with Crippen molar-refractivity contribution in [1.82, 2.24) is 4.72 Å². The first kappa shape index (κ1) is 15.6. The molecule has 3 rings (SSSR count). The van der Waals surface area contributed by atoms with E-state index in [4.69, 9.17) is 4.42 Å². The number of hydrogen-bond acceptors (Lipinski definition) is 4. The predicted molar refractivity (Wildman–Crippen MR) is 83.1 cm³/mol. The van der Waals surface area contributed by atoms with Crippen molar-refractivity contribution in [3.8, 4) is 0 Å². The van der Waals surface area contributed by atoms with Crippen LogP contribution in [-0.4, -0.2) is 20.1 Å². The third-order valence-corrected chi connectivity index (χ3v) is 6.30. The fourth-order valence-corrected chi connectivity index (χ4v) is 5.11. The Morgan fingerprint density at radius 3 is 2.73 bits per heavy atom. The van der Waals surface area contributed by atoms with E-state index >= 15 is 0 Å². The molecule has 1 N–H and O–H groups in total. The van der Waals surface area contributed by atoms with E-state index in [-0.39, 0.29) is 17.4 Å². The molecule has 2 unspecified atom stereocenters. The van der Waals surface area contributed by atoms with Gasteiger partial charge >= 0.3 is 0 Å². The summed E-state index contributed by atoms with van der Waals surface area (Å²) in [6, 6.07) is 1.69. The van der Waals surface area contributed by atoms with Gasteiger partial charge in [-0.25, -0.2) is 13.1 Å². The number of furan rings is 1. The second kappa shape index (κ2) is 6.07. The molecule has 0 spiro atoms. The van der Waals surface area contributed by atoms with Gasteiger partial charge in [0.1, 0.15) is 5.76 Å². The molecule has 1 saturated carbocycles. The van der Waals surface area contributed by atoms with Crippen LogP contribution >= 0.6 is 0 Å². The van der Waals surface area contributed by atoms with Crippen molar-refractivity contribution in [1.29, 1.82) is 0 Å². The first-order valence-corrected chi connectivity index (χ1v) is 9.76. The van der Waals surface area contributed by atoms with Gasteiger partial charge in [0.2, 0.25) is 10.0 Å². The van der Waals surface area contributed by atoms with Gasteiger partial charge in [0.15, 0.2) is 5.76 Å². The van der Waals surface area contributed by atoms with Crippen molar-refractivity contribution < 1.29 is 17.6 Å². The Morgan fingerprint density at radius 2 is 2.05 bits per heavy atom. The molecule has 1 amide bonds. The Balaban J connectivity index is 1.66. The summed E-state index contributed by atoms with van der Waals surface area (Å²) in [6.45, 7) is 2.08. The van der Waals surface area contributed by atoms with Gasteiger partial charge in [-0.1, -0.05) is 19.8 Å². The number of carbonyl (C=O) groups excluding carboxylic acids is 1. The third kappa shape index (κ3) is 3.37. The maximum Gasteiger partial charge on any atom is 0.300 e. The lowest BCUT2D eigenvalue weighted by atomic mass is 9.99. The largest absolute Gasteiger partial charge is 0.456 e. The van der Waals surface area contributed by atoms with E-state index < -0.39 is 15.9 Å². The van der Waals surface area contributed by atoms with Crippen LogP contribution in [0.2, 0.25) is 0 Å². The number of fused-ring (bicyclic) bond motifs is 1. The summed E-state index contributed by atoms with van der Waals surface area (Å²) in [5.41, 5.74) is 1.04. The fraction of sp³-hybridized carbons (Fsp3) is 0.688. The smallest absolute Gasteiger partial charge is 0.300 e. The molecule has 22 heavy (non-hydrogen) atoms. The molecule has 2 atom stereocenters. The van der Waals surface area contributed by atoms with Gasteiger partial charge in [-0.2, -0.15) is 0 Å². The van der Waals surface area contributed by atoms with Crippen molar-refractivity contribution in [2.45, 2.75) is 51.9 Å². The minimum absolute atomic E-state index is 0.0281. The van der Waals surface area contributed by atoms with Crippen LogP contribution < -0.4 is 4.72 Å². The minimum atomic E-state index is -3.61. The van der Waals surface area contributed by atoms with Crippen LogP contribution in [0.15, 0.2) is 10.5 Å². The summed E-state index contributed by atoms with van der Waals surface area (Å²) in [6.07, 6.45) is 6.93. The van der Waals surface area contributed by atoms with Gasteiger partial charge in [-0.3, -0.25) is 4.79 Å². The zero-order valence-corrected chi connectivity index (χ0v) is 13.7. The van der Waals surface area contributed by atoms with Crippen LogP contribution in [-0.2, 0) is 22.9 Å². The summed E-state index contributed by atoms with van der Waals surface area (Å²) in [5, 5.41) is 0. The van der Waals surface area contributed by atoms with Crippen LogP contribution in [0.1, 0.15) is 60.9 Å². The number of nitrogens with one attached hydrogen (secondary N) is 1. The van der Waals surface area contributed by atoms with Crippen LogP contribution in [0.4, 0.5) is 0 Å². The molecule has 0 saturated heterocycles. The maximum atomic E-state index is 12.2. The molecule has 1 aromatic heterocycles. The molecule has 122 valence electrons. The normalized spacial score (nSPS) is 25.0. The average molecular weight is 325 g/mol. The highest BCUT2D eigenvalue weighted by Gasteiger charge is 2.30. The highest BCUT2D eigenvalue weighted by molar-refractivity contribution is 7.90. The van der Waals surface area contributed by atoms with Crippen LogP contribution in [0.3, 0.4) is 0 Å². The van der Waals surface area contributed by atoms with Crippen molar-refractivity contribution >= 4 is 15.9 Å². The molecule has 2 aliphatic rings. The Morgan fingerprint density at radius 1 is 1.27 bits per heavy atom. The molecule has 1 fully saturated rings. The van der Waals surface area contributed by atoms with E-state index in [9.17, 15) is 13.2 Å². The lowest BCUT2D eigenvalue weighted by Gasteiger charge is -2.15. The summed E-state index contributed by atoms with van der Waals surface area (Å²) in [4.78, 5) is 12.1. The lowest BCUT2D eigenvalue weighted by molar-refractivity contribution is 0.0952. The van der Waals surface area contributed by atoms with Gasteiger partial charge < -0.3 is 4.42 Å². The van der Waals surface area contributed by atoms with E-state index in [0.29, 0.717) is 5.92 Å². The number of rotatable bonds is 4. The van der Waals surface area contributed by atoms with Crippen molar-refractivity contribution in [2.24, 2.45) is 11.8 Å². The molecular weight excluding hydrogens is 302 g/mol. The number of aryl methyl sites for hydroxylation is 2. The Labute approximate surface area is 131 Å². The number of hydrogen-bond donors (Lipinski definition) is 1. The van der Waals surface area contributed by atoms with Crippen molar-refractivity contribution in [3.63, 3.8) is 0 Å². The molecular formula is C16H23NO4S. The number of amides is 1. The minimum Gasteiger partial charge on any atom is -0.456 e. The molecule has 0 aliphatic heterocycles. The van der Waals surface area contributed by atoms with Crippen molar-refractivity contribution in [2.75, 3.05) is 5.75 Å².